The molecule has 0 spiro atoms. The second-order valence-electron chi connectivity index (χ2n) is 6.56. The number of ether oxygens (including phenoxy) is 1. The van der Waals surface area contributed by atoms with Gasteiger partial charge in [0, 0.05) is 6.20 Å². The molecule has 1 aromatic carbocycles. The van der Waals surface area contributed by atoms with Gasteiger partial charge in [-0.05, 0) is 50.6 Å². The fourth-order valence-corrected chi connectivity index (χ4v) is 2.23. The summed E-state index contributed by atoms with van der Waals surface area (Å²) >= 11 is 0. The highest BCUT2D eigenvalue weighted by Gasteiger charge is 2.26. The van der Waals surface area contributed by atoms with Gasteiger partial charge in [-0.15, -0.1) is 0 Å². The van der Waals surface area contributed by atoms with Gasteiger partial charge >= 0.3 is 12.1 Å². The molecule has 2 rings (SSSR count). The van der Waals surface area contributed by atoms with Gasteiger partial charge in [-0.25, -0.2) is 14.6 Å². The van der Waals surface area contributed by atoms with Crippen molar-refractivity contribution in [3.63, 3.8) is 0 Å². The smallest absolute Gasteiger partial charge is 0.416 e. The summed E-state index contributed by atoms with van der Waals surface area (Å²) in [7, 11) is 0. The second-order valence-corrected chi connectivity index (χ2v) is 6.56. The minimum absolute atomic E-state index is 0.0156. The highest BCUT2D eigenvalue weighted by atomic mass is 16.6. The van der Waals surface area contributed by atoms with Gasteiger partial charge in [0.15, 0.2) is 5.82 Å². The molecule has 0 aliphatic heterocycles. The molecule has 0 bridgehead atoms. The van der Waals surface area contributed by atoms with Crippen LogP contribution in [0.3, 0.4) is 0 Å². The molecule has 134 valence electrons. The summed E-state index contributed by atoms with van der Waals surface area (Å²) < 4.78 is 5.42. The Morgan fingerprint density at radius 1 is 1.27 bits per heavy atom. The van der Waals surface area contributed by atoms with E-state index < -0.39 is 17.7 Å². The summed E-state index contributed by atoms with van der Waals surface area (Å²) in [6.45, 7) is 5.22. The van der Waals surface area contributed by atoms with Crippen LogP contribution in [0.25, 0.3) is 0 Å². The van der Waals surface area contributed by atoms with E-state index in [1.165, 1.54) is 23.2 Å². The quantitative estimate of drug-likeness (QED) is 0.901. The van der Waals surface area contributed by atoms with Crippen molar-refractivity contribution in [2.24, 2.45) is 0 Å². The predicted octanol–water partition coefficient (Wildman–Crippen LogP) is 3.59. The summed E-state index contributed by atoms with van der Waals surface area (Å²) in [6, 6.07) is 11.4. The molecule has 1 amide bonds. The number of carboxylic acid groups (broad SMARTS) is 1. The van der Waals surface area contributed by atoms with E-state index in [0.717, 1.165) is 0 Å². The fourth-order valence-electron chi connectivity index (χ4n) is 2.23. The Morgan fingerprint density at radius 3 is 2.62 bits per heavy atom. The first-order valence-corrected chi connectivity index (χ1v) is 7.89. The molecular weight excluding hydrogens is 334 g/mol. The molecule has 7 nitrogen and oxygen atoms in total. The van der Waals surface area contributed by atoms with Crippen LogP contribution < -0.4 is 4.90 Å². The highest BCUT2D eigenvalue weighted by molar-refractivity contribution is 5.89. The number of hydrogen-bond acceptors (Lipinski definition) is 5. The second kappa shape index (κ2) is 7.66. The fraction of sp³-hybridized carbons (Fsp3) is 0.263. The first-order valence-electron chi connectivity index (χ1n) is 7.89. The van der Waals surface area contributed by atoms with Crippen molar-refractivity contribution in [3.8, 4) is 6.07 Å². The first-order chi connectivity index (χ1) is 12.2. The summed E-state index contributed by atoms with van der Waals surface area (Å²) in [5, 5.41) is 18.5. The number of hydrogen-bond donors (Lipinski definition) is 1. The molecule has 1 heterocycles. The van der Waals surface area contributed by atoms with Crippen LogP contribution >= 0.6 is 0 Å². The summed E-state index contributed by atoms with van der Waals surface area (Å²) in [5.41, 5.74) is 0.158. The van der Waals surface area contributed by atoms with E-state index in [1.807, 2.05) is 6.07 Å². The molecule has 1 aromatic heterocycles. The maximum atomic E-state index is 12.7. The molecular formula is C19H19N3O4. The molecule has 0 fully saturated rings. The zero-order valence-corrected chi connectivity index (χ0v) is 14.8. The van der Waals surface area contributed by atoms with Gasteiger partial charge in [0.05, 0.1) is 17.7 Å². The van der Waals surface area contributed by atoms with E-state index in [1.54, 1.807) is 45.0 Å². The van der Waals surface area contributed by atoms with Gasteiger partial charge in [-0.3, -0.25) is 4.90 Å². The van der Waals surface area contributed by atoms with Crippen molar-refractivity contribution in [3.05, 3.63) is 59.3 Å². The normalized spacial score (nSPS) is 10.7. The van der Waals surface area contributed by atoms with Gasteiger partial charge in [0.2, 0.25) is 0 Å². The lowest BCUT2D eigenvalue weighted by Gasteiger charge is -2.27. The van der Waals surface area contributed by atoms with E-state index >= 15 is 0 Å². The number of nitrogens with zero attached hydrogens (tertiary/aromatic N) is 3. The molecule has 0 aliphatic carbocycles. The van der Waals surface area contributed by atoms with Crippen molar-refractivity contribution < 1.29 is 19.4 Å². The molecule has 2 aromatic rings. The predicted molar refractivity (Wildman–Crippen MR) is 94.8 cm³/mol. The monoisotopic (exact) mass is 353 g/mol. The lowest BCUT2D eigenvalue weighted by molar-refractivity contribution is 0.0575. The molecule has 0 unspecified atom stereocenters. The Balaban J connectivity index is 2.44. The third-order valence-corrected chi connectivity index (χ3v) is 3.29. The summed E-state index contributed by atoms with van der Waals surface area (Å²) in [5.74, 6) is -0.906. The number of pyridine rings is 1. The van der Waals surface area contributed by atoms with Crippen molar-refractivity contribution in [1.29, 1.82) is 5.26 Å². The highest BCUT2D eigenvalue weighted by Crippen LogP contribution is 2.22. The average Bonchev–Trinajstić information content (AvgIpc) is 2.58. The van der Waals surface area contributed by atoms with Crippen molar-refractivity contribution in [2.75, 3.05) is 4.90 Å². The number of anilines is 1. The molecule has 1 N–H and O–H groups in total. The van der Waals surface area contributed by atoms with Gasteiger partial charge < -0.3 is 9.84 Å². The Kier molecular flexibility index (Phi) is 5.58. The van der Waals surface area contributed by atoms with Gasteiger partial charge in [-0.1, -0.05) is 12.1 Å². The number of rotatable bonds is 4. The summed E-state index contributed by atoms with van der Waals surface area (Å²) in [4.78, 5) is 29.2. The van der Waals surface area contributed by atoms with Crippen LogP contribution in [-0.4, -0.2) is 27.8 Å². The number of amides is 1. The Morgan fingerprint density at radius 2 is 2.00 bits per heavy atom. The molecule has 7 heteroatoms. The summed E-state index contributed by atoms with van der Waals surface area (Å²) in [6.07, 6.45) is 0.801. The molecule has 0 aliphatic rings. The van der Waals surface area contributed by atoms with Gasteiger partial charge in [0.25, 0.3) is 0 Å². The molecule has 26 heavy (non-hydrogen) atoms. The zero-order chi connectivity index (χ0) is 19.3. The molecule has 0 atom stereocenters. The van der Waals surface area contributed by atoms with Crippen LogP contribution in [0.1, 0.15) is 42.3 Å². The Hall–Kier alpha value is -3.40. The molecule has 0 radical (unpaired) electrons. The number of aromatic nitrogens is 1. The Bertz CT molecular complexity index is 866. The van der Waals surface area contributed by atoms with Crippen molar-refractivity contribution in [2.45, 2.75) is 32.9 Å². The number of nitriles is 1. The lowest BCUT2D eigenvalue weighted by Crippen LogP contribution is -2.37. The van der Waals surface area contributed by atoms with Crippen LogP contribution in [0.2, 0.25) is 0 Å². The number of carbonyl (C=O) groups is 2. The third kappa shape index (κ3) is 4.80. The standard InChI is InChI=1S/C19H19N3O4/c1-19(2,3)26-18(25)22(16-15(11-20)8-5-9-21-16)12-13-6-4-7-14(10-13)17(23)24/h4-10H,12H2,1-3H3,(H,23,24). The molecule has 0 saturated carbocycles. The van der Waals surface area contributed by atoms with Gasteiger partial charge in [-0.2, -0.15) is 5.26 Å². The Labute approximate surface area is 151 Å². The van der Waals surface area contributed by atoms with Gasteiger partial charge in [0.1, 0.15) is 11.7 Å². The van der Waals surface area contributed by atoms with Crippen LogP contribution in [0.5, 0.6) is 0 Å². The largest absolute Gasteiger partial charge is 0.478 e. The van der Waals surface area contributed by atoms with E-state index in [9.17, 15) is 14.9 Å². The first kappa shape index (κ1) is 18.9. The van der Waals surface area contributed by atoms with E-state index in [2.05, 4.69) is 4.98 Å². The van der Waals surface area contributed by atoms with E-state index in [4.69, 9.17) is 9.84 Å². The lowest BCUT2D eigenvalue weighted by atomic mass is 10.1. The van der Waals surface area contributed by atoms with Crippen LogP contribution in [0.4, 0.5) is 10.6 Å². The van der Waals surface area contributed by atoms with Crippen molar-refractivity contribution >= 4 is 17.9 Å². The third-order valence-electron chi connectivity index (χ3n) is 3.29. The van der Waals surface area contributed by atoms with E-state index in [0.29, 0.717) is 5.56 Å². The topological polar surface area (TPSA) is 104 Å². The maximum absolute atomic E-state index is 12.7. The minimum atomic E-state index is -1.06. The number of carboxylic acids is 1. The van der Waals surface area contributed by atoms with Crippen molar-refractivity contribution in [1.82, 2.24) is 4.98 Å². The zero-order valence-electron chi connectivity index (χ0n) is 14.8. The number of carbonyl (C=O) groups excluding carboxylic acids is 1. The average molecular weight is 353 g/mol. The maximum Gasteiger partial charge on any atom is 0.416 e. The number of aromatic carboxylic acids is 1. The minimum Gasteiger partial charge on any atom is -0.478 e. The van der Waals surface area contributed by atoms with E-state index in [-0.39, 0.29) is 23.5 Å². The van der Waals surface area contributed by atoms with Crippen LogP contribution in [0, 0.1) is 11.3 Å². The number of benzene rings is 1. The van der Waals surface area contributed by atoms with Crippen LogP contribution in [-0.2, 0) is 11.3 Å². The van der Waals surface area contributed by atoms with Crippen LogP contribution in [0.15, 0.2) is 42.6 Å². The SMILES string of the molecule is CC(C)(C)OC(=O)N(Cc1cccc(C(=O)O)c1)c1ncccc1C#N. The molecule has 0 saturated heterocycles.